The van der Waals surface area contributed by atoms with Gasteiger partial charge in [0.15, 0.2) is 0 Å². The third kappa shape index (κ3) is 3.68. The number of benzene rings is 1. The number of amides is 1. The highest BCUT2D eigenvalue weighted by Gasteiger charge is 2.26. The first kappa shape index (κ1) is 13.8. The summed E-state index contributed by atoms with van der Waals surface area (Å²) >= 11 is 0. The van der Waals surface area contributed by atoms with E-state index >= 15 is 0 Å². The molecule has 4 N–H and O–H groups in total. The van der Waals surface area contributed by atoms with Crippen LogP contribution in [0.1, 0.15) is 18.4 Å². The second kappa shape index (κ2) is 6.04. The molecular weight excluding hydrogens is 244 g/mol. The van der Waals surface area contributed by atoms with E-state index in [-0.39, 0.29) is 11.7 Å². The molecule has 5 nitrogen and oxygen atoms in total. The molecule has 0 spiro atoms. The van der Waals surface area contributed by atoms with E-state index in [9.17, 15) is 15.0 Å². The lowest BCUT2D eigenvalue weighted by Gasteiger charge is -2.32. The van der Waals surface area contributed by atoms with Crippen LogP contribution in [-0.4, -0.2) is 46.3 Å². The van der Waals surface area contributed by atoms with Gasteiger partial charge in [0.2, 0.25) is 5.91 Å². The maximum absolute atomic E-state index is 12.2. The fourth-order valence-corrected chi connectivity index (χ4v) is 2.36. The van der Waals surface area contributed by atoms with Crippen LogP contribution in [0.2, 0.25) is 0 Å². The van der Waals surface area contributed by atoms with Crippen molar-refractivity contribution >= 4 is 5.91 Å². The van der Waals surface area contributed by atoms with Gasteiger partial charge < -0.3 is 20.8 Å². The van der Waals surface area contributed by atoms with Crippen LogP contribution >= 0.6 is 0 Å². The Balaban J connectivity index is 1.93. The minimum atomic E-state index is -0.602. The molecular formula is C14H20N2O3. The van der Waals surface area contributed by atoms with E-state index in [1.165, 1.54) is 0 Å². The Bertz CT molecular complexity index is 433. The van der Waals surface area contributed by atoms with Crippen molar-refractivity contribution in [2.75, 3.05) is 13.1 Å². The number of rotatable bonds is 3. The van der Waals surface area contributed by atoms with Crippen molar-refractivity contribution < 1.29 is 15.0 Å². The summed E-state index contributed by atoms with van der Waals surface area (Å²) < 4.78 is 0. The Morgan fingerprint density at radius 1 is 1.42 bits per heavy atom. The molecule has 104 valence electrons. The number of aliphatic hydroxyl groups excluding tert-OH is 1. The summed E-state index contributed by atoms with van der Waals surface area (Å²) in [5, 5.41) is 18.8. The van der Waals surface area contributed by atoms with Crippen LogP contribution in [0.4, 0.5) is 0 Å². The van der Waals surface area contributed by atoms with Crippen molar-refractivity contribution in [2.24, 2.45) is 5.73 Å². The average Bonchev–Trinajstić information content (AvgIpc) is 2.40. The van der Waals surface area contributed by atoms with Crippen molar-refractivity contribution in [1.82, 2.24) is 4.90 Å². The van der Waals surface area contributed by atoms with E-state index in [0.717, 1.165) is 18.4 Å². The van der Waals surface area contributed by atoms with Gasteiger partial charge in [-0.2, -0.15) is 0 Å². The molecule has 1 amide bonds. The molecule has 1 aliphatic heterocycles. The van der Waals surface area contributed by atoms with Gasteiger partial charge in [-0.3, -0.25) is 4.79 Å². The Labute approximate surface area is 112 Å². The molecule has 1 aliphatic rings. The minimum absolute atomic E-state index is 0.119. The highest BCUT2D eigenvalue weighted by molar-refractivity contribution is 5.82. The van der Waals surface area contributed by atoms with Gasteiger partial charge in [0, 0.05) is 13.1 Å². The molecule has 2 atom stereocenters. The smallest absolute Gasteiger partial charge is 0.239 e. The molecule has 0 saturated carbocycles. The third-order valence-corrected chi connectivity index (χ3v) is 3.42. The normalized spacial score (nSPS) is 21.2. The first-order chi connectivity index (χ1) is 9.06. The lowest BCUT2D eigenvalue weighted by molar-refractivity contribution is -0.135. The Morgan fingerprint density at radius 3 is 2.74 bits per heavy atom. The predicted molar refractivity (Wildman–Crippen MR) is 71.6 cm³/mol. The summed E-state index contributed by atoms with van der Waals surface area (Å²) in [6.45, 7) is 1.04. The first-order valence-corrected chi connectivity index (χ1v) is 6.56. The van der Waals surface area contributed by atoms with Crippen molar-refractivity contribution in [3.05, 3.63) is 29.8 Å². The van der Waals surface area contributed by atoms with Crippen LogP contribution in [0.15, 0.2) is 24.3 Å². The summed E-state index contributed by atoms with van der Waals surface area (Å²) in [5.41, 5.74) is 6.84. The molecule has 19 heavy (non-hydrogen) atoms. The predicted octanol–water partition coefficient (Wildman–Crippen LogP) is 0.245. The van der Waals surface area contributed by atoms with Gasteiger partial charge in [-0.25, -0.2) is 0 Å². The second-order valence-corrected chi connectivity index (χ2v) is 5.06. The maximum Gasteiger partial charge on any atom is 0.239 e. The number of carbonyl (C=O) groups excluding carboxylic acids is 1. The van der Waals surface area contributed by atoms with E-state index in [4.69, 9.17) is 5.73 Å². The molecule has 0 bridgehead atoms. The van der Waals surface area contributed by atoms with E-state index in [2.05, 4.69) is 0 Å². The Hall–Kier alpha value is -1.59. The average molecular weight is 264 g/mol. The summed E-state index contributed by atoms with van der Waals surface area (Å²) in [4.78, 5) is 13.8. The second-order valence-electron chi connectivity index (χ2n) is 5.06. The lowest BCUT2D eigenvalue weighted by Crippen LogP contribution is -2.50. The summed E-state index contributed by atoms with van der Waals surface area (Å²) in [6, 6.07) is 6.07. The number of aromatic hydroxyl groups is 1. The van der Waals surface area contributed by atoms with Gasteiger partial charge in [-0.05, 0) is 37.0 Å². The number of carbonyl (C=O) groups is 1. The number of nitrogens with zero attached hydrogens (tertiary/aromatic N) is 1. The van der Waals surface area contributed by atoms with Crippen molar-refractivity contribution in [3.8, 4) is 5.75 Å². The molecule has 2 rings (SSSR count). The summed E-state index contributed by atoms with van der Waals surface area (Å²) in [5.74, 6) is 0.0784. The zero-order chi connectivity index (χ0) is 13.8. The standard InChI is InChI=1S/C14H20N2O3/c15-13(8-10-3-5-11(17)6-4-10)14(19)16-7-1-2-12(18)9-16/h3-6,12-13,17-18H,1-2,7-9,15H2/t12?,13-/m1/s1. The van der Waals surface area contributed by atoms with E-state index in [0.29, 0.717) is 19.5 Å². The fourth-order valence-electron chi connectivity index (χ4n) is 2.36. The molecule has 1 aromatic rings. The topological polar surface area (TPSA) is 86.8 Å². The van der Waals surface area contributed by atoms with Gasteiger partial charge in [0.1, 0.15) is 5.75 Å². The first-order valence-electron chi connectivity index (χ1n) is 6.56. The molecule has 1 unspecified atom stereocenters. The van der Waals surface area contributed by atoms with Crippen LogP contribution in [0.5, 0.6) is 5.75 Å². The number of likely N-dealkylation sites (tertiary alicyclic amines) is 1. The number of nitrogens with two attached hydrogens (primary N) is 1. The van der Waals surface area contributed by atoms with Crippen LogP contribution in [0.25, 0.3) is 0 Å². The Kier molecular flexibility index (Phi) is 4.39. The number of hydrogen-bond acceptors (Lipinski definition) is 4. The minimum Gasteiger partial charge on any atom is -0.508 e. The number of phenolic OH excluding ortho intramolecular Hbond substituents is 1. The Morgan fingerprint density at radius 2 is 2.11 bits per heavy atom. The quantitative estimate of drug-likeness (QED) is 0.730. The number of aliphatic hydroxyl groups is 1. The van der Waals surface area contributed by atoms with E-state index in [1.54, 1.807) is 29.2 Å². The third-order valence-electron chi connectivity index (χ3n) is 3.42. The molecule has 0 aromatic heterocycles. The van der Waals surface area contributed by atoms with E-state index < -0.39 is 12.1 Å². The summed E-state index contributed by atoms with van der Waals surface area (Å²) in [6.07, 6.45) is 1.57. The van der Waals surface area contributed by atoms with Gasteiger partial charge in [0.05, 0.1) is 12.1 Å². The molecule has 1 fully saturated rings. The molecule has 0 radical (unpaired) electrons. The number of phenols is 1. The van der Waals surface area contributed by atoms with Crippen LogP contribution in [0, 0.1) is 0 Å². The highest BCUT2D eigenvalue weighted by atomic mass is 16.3. The molecule has 1 saturated heterocycles. The van der Waals surface area contributed by atoms with Gasteiger partial charge >= 0.3 is 0 Å². The lowest BCUT2D eigenvalue weighted by atomic mass is 10.0. The monoisotopic (exact) mass is 264 g/mol. The van der Waals surface area contributed by atoms with Gasteiger partial charge in [-0.1, -0.05) is 12.1 Å². The van der Waals surface area contributed by atoms with Crippen LogP contribution < -0.4 is 5.73 Å². The molecule has 1 heterocycles. The van der Waals surface area contributed by atoms with Gasteiger partial charge in [0.25, 0.3) is 0 Å². The number of piperidine rings is 1. The summed E-state index contributed by atoms with van der Waals surface area (Å²) in [7, 11) is 0. The molecule has 5 heteroatoms. The number of β-amino-alcohol motifs (C(OH)–C–C–N with tert-alkyl or cyclic N) is 1. The maximum atomic E-state index is 12.2. The zero-order valence-electron chi connectivity index (χ0n) is 10.8. The van der Waals surface area contributed by atoms with E-state index in [1.807, 2.05) is 0 Å². The number of hydrogen-bond donors (Lipinski definition) is 3. The van der Waals surface area contributed by atoms with Crippen LogP contribution in [0.3, 0.4) is 0 Å². The van der Waals surface area contributed by atoms with Crippen molar-refractivity contribution in [1.29, 1.82) is 0 Å². The SMILES string of the molecule is N[C@H](Cc1ccc(O)cc1)C(=O)N1CCCC(O)C1. The van der Waals surface area contributed by atoms with Crippen LogP contribution in [-0.2, 0) is 11.2 Å². The highest BCUT2D eigenvalue weighted by Crippen LogP contribution is 2.14. The van der Waals surface area contributed by atoms with Gasteiger partial charge in [-0.15, -0.1) is 0 Å². The van der Waals surface area contributed by atoms with Crippen molar-refractivity contribution in [3.63, 3.8) is 0 Å². The largest absolute Gasteiger partial charge is 0.508 e. The van der Waals surface area contributed by atoms with Crippen molar-refractivity contribution in [2.45, 2.75) is 31.4 Å². The fraction of sp³-hybridized carbons (Fsp3) is 0.500. The molecule has 1 aromatic carbocycles. The molecule has 0 aliphatic carbocycles. The zero-order valence-corrected chi connectivity index (χ0v) is 10.8.